The lowest BCUT2D eigenvalue weighted by atomic mass is 9.65. The third-order valence-corrected chi connectivity index (χ3v) is 13.3. The van der Waals surface area contributed by atoms with Crippen LogP contribution in [0.25, 0.3) is 56.4 Å². The monoisotopic (exact) mass is 807 g/mol. The first-order valence-corrected chi connectivity index (χ1v) is 21.9. The zero-order valence-electron chi connectivity index (χ0n) is 35.2. The van der Waals surface area contributed by atoms with Crippen molar-refractivity contribution >= 4 is 0 Å². The molecule has 0 saturated carbocycles. The molecular weight excluding hydrogens is 763 g/mol. The summed E-state index contributed by atoms with van der Waals surface area (Å²) >= 11 is 0. The lowest BCUT2D eigenvalue weighted by Gasteiger charge is -2.36. The Morgan fingerprint density at radius 3 is 1.56 bits per heavy atom. The molecule has 0 fully saturated rings. The molecule has 300 valence electrons. The van der Waals surface area contributed by atoms with Gasteiger partial charge in [0.15, 0.2) is 17.5 Å². The molecule has 0 bridgehead atoms. The van der Waals surface area contributed by atoms with E-state index in [2.05, 4.69) is 219 Å². The number of hydrogen-bond donors (Lipinski definition) is 0. The topological polar surface area (TPSA) is 38.7 Å². The highest BCUT2D eigenvalue weighted by atomic mass is 15.0. The summed E-state index contributed by atoms with van der Waals surface area (Å²) < 4.78 is 0. The number of aromatic nitrogens is 3. The summed E-state index contributed by atoms with van der Waals surface area (Å²) in [5, 5.41) is 0. The molecule has 2 aliphatic rings. The Hall–Kier alpha value is -7.75. The molecule has 0 saturated heterocycles. The van der Waals surface area contributed by atoms with E-state index in [9.17, 15) is 0 Å². The first-order chi connectivity index (χ1) is 31.1. The van der Waals surface area contributed by atoms with Crippen molar-refractivity contribution in [2.45, 2.75) is 30.6 Å². The fourth-order valence-electron chi connectivity index (χ4n) is 10.2. The van der Waals surface area contributed by atoms with E-state index in [0.717, 1.165) is 35.1 Å². The van der Waals surface area contributed by atoms with Gasteiger partial charge in [0, 0.05) is 22.1 Å². The van der Waals surface area contributed by atoms with E-state index in [-0.39, 0.29) is 5.41 Å². The Balaban J connectivity index is 1.05. The van der Waals surface area contributed by atoms with Gasteiger partial charge >= 0.3 is 0 Å². The fourth-order valence-corrected chi connectivity index (χ4v) is 10.2. The maximum absolute atomic E-state index is 5.30. The van der Waals surface area contributed by atoms with Crippen LogP contribution in [0.15, 0.2) is 236 Å². The summed E-state index contributed by atoms with van der Waals surface area (Å²) in [6, 6.07) is 76.2. The first-order valence-electron chi connectivity index (χ1n) is 21.9. The summed E-state index contributed by atoms with van der Waals surface area (Å²) in [7, 11) is 0. The number of nitrogens with zero attached hydrogens (tertiary/aromatic N) is 3. The van der Waals surface area contributed by atoms with Gasteiger partial charge in [0.25, 0.3) is 0 Å². The van der Waals surface area contributed by atoms with Gasteiger partial charge in [-0.2, -0.15) is 0 Å². The smallest absolute Gasteiger partial charge is 0.164 e. The number of benzene rings is 8. The normalized spacial score (nSPS) is 15.3. The summed E-state index contributed by atoms with van der Waals surface area (Å²) in [4.78, 5) is 15.7. The average Bonchev–Trinajstić information content (AvgIpc) is 3.68. The molecule has 0 spiro atoms. The highest BCUT2D eigenvalue weighted by molar-refractivity contribution is 5.88. The minimum absolute atomic E-state index is 0.384. The molecular formula is C60H45N3. The van der Waals surface area contributed by atoms with Crippen LogP contribution in [0.3, 0.4) is 0 Å². The van der Waals surface area contributed by atoms with Crippen LogP contribution in [-0.4, -0.2) is 15.0 Å². The second-order valence-electron chi connectivity index (χ2n) is 16.7. The second kappa shape index (κ2) is 15.9. The van der Waals surface area contributed by atoms with E-state index < -0.39 is 5.41 Å². The predicted molar refractivity (Wildman–Crippen MR) is 258 cm³/mol. The molecule has 0 amide bonds. The molecule has 11 rings (SSSR count). The molecule has 1 heterocycles. The Bertz CT molecular complexity index is 3110. The minimum atomic E-state index is -0.449. The maximum atomic E-state index is 5.30. The van der Waals surface area contributed by atoms with Gasteiger partial charge in [-0.1, -0.05) is 230 Å². The third kappa shape index (κ3) is 6.47. The highest BCUT2D eigenvalue weighted by Gasteiger charge is 2.47. The molecule has 0 N–H and O–H groups in total. The Kier molecular flexibility index (Phi) is 9.66. The molecule has 63 heavy (non-hydrogen) atoms. The van der Waals surface area contributed by atoms with Crippen LogP contribution in [0.2, 0.25) is 0 Å². The van der Waals surface area contributed by atoms with E-state index in [1.165, 1.54) is 55.6 Å². The average molecular weight is 808 g/mol. The van der Waals surface area contributed by atoms with Gasteiger partial charge in [0.1, 0.15) is 0 Å². The molecule has 1 atom stereocenters. The lowest BCUT2D eigenvalue weighted by Crippen LogP contribution is -2.30. The van der Waals surface area contributed by atoms with Crippen molar-refractivity contribution in [3.63, 3.8) is 0 Å². The van der Waals surface area contributed by atoms with Crippen LogP contribution >= 0.6 is 0 Å². The van der Waals surface area contributed by atoms with Crippen molar-refractivity contribution in [1.29, 1.82) is 0 Å². The molecule has 1 aromatic heterocycles. The Morgan fingerprint density at radius 2 is 0.921 bits per heavy atom. The lowest BCUT2D eigenvalue weighted by molar-refractivity contribution is 0.693. The van der Waals surface area contributed by atoms with Crippen molar-refractivity contribution in [2.24, 2.45) is 0 Å². The fraction of sp³-hybridized carbons (Fsp3) is 0.0833. The van der Waals surface area contributed by atoms with Gasteiger partial charge in [-0.05, 0) is 81.5 Å². The van der Waals surface area contributed by atoms with Crippen LogP contribution in [0.1, 0.15) is 53.1 Å². The molecule has 1 unspecified atom stereocenters. The number of allylic oxidation sites excluding steroid dienone is 4. The molecule has 0 aliphatic heterocycles. The van der Waals surface area contributed by atoms with E-state index >= 15 is 0 Å². The van der Waals surface area contributed by atoms with Crippen LogP contribution in [0.5, 0.6) is 0 Å². The Morgan fingerprint density at radius 1 is 0.429 bits per heavy atom. The van der Waals surface area contributed by atoms with Gasteiger partial charge in [-0.3, -0.25) is 0 Å². The van der Waals surface area contributed by atoms with Crippen molar-refractivity contribution in [2.75, 3.05) is 0 Å². The van der Waals surface area contributed by atoms with Gasteiger partial charge in [-0.15, -0.1) is 0 Å². The largest absolute Gasteiger partial charge is 0.208 e. The van der Waals surface area contributed by atoms with Crippen molar-refractivity contribution in [1.82, 2.24) is 15.0 Å². The molecule has 9 aromatic rings. The standard InChI is InChI=1S/C60H45N3/c1-59(46-23-9-3-10-24-46,47-25-11-4-12-26-47)53-33-19-17-31-50(53)42-35-37-44(38-36-42)57-61-56(43-21-7-2-8-22-43)62-58(63-57)45-39-40-52-51-32-18-20-34-54(51)60(55(52)41-45,48-27-13-5-14-28-48)49-29-15-6-16-30-49/h2-15,17-29,31-41H,16,30H2,1H3. The number of fused-ring (bicyclic) bond motifs is 3. The summed E-state index contributed by atoms with van der Waals surface area (Å²) in [6.45, 7) is 2.34. The quantitative estimate of drug-likeness (QED) is 0.136. The van der Waals surface area contributed by atoms with E-state index in [4.69, 9.17) is 15.0 Å². The van der Waals surface area contributed by atoms with Crippen molar-refractivity contribution in [3.05, 3.63) is 270 Å². The third-order valence-electron chi connectivity index (χ3n) is 13.3. The van der Waals surface area contributed by atoms with Crippen LogP contribution in [0.4, 0.5) is 0 Å². The maximum Gasteiger partial charge on any atom is 0.164 e. The first kappa shape index (κ1) is 38.2. The van der Waals surface area contributed by atoms with Crippen molar-refractivity contribution < 1.29 is 0 Å². The minimum Gasteiger partial charge on any atom is -0.208 e. The van der Waals surface area contributed by atoms with Gasteiger partial charge in [-0.25, -0.2) is 15.0 Å². The zero-order chi connectivity index (χ0) is 42.2. The van der Waals surface area contributed by atoms with E-state index in [1.54, 1.807) is 0 Å². The highest BCUT2D eigenvalue weighted by Crippen LogP contribution is 2.58. The van der Waals surface area contributed by atoms with Gasteiger partial charge in [0.2, 0.25) is 0 Å². The van der Waals surface area contributed by atoms with E-state index in [0.29, 0.717) is 17.5 Å². The van der Waals surface area contributed by atoms with Crippen molar-refractivity contribution in [3.8, 4) is 56.4 Å². The van der Waals surface area contributed by atoms with Gasteiger partial charge in [0.05, 0.1) is 5.41 Å². The molecule has 0 radical (unpaired) electrons. The molecule has 8 aromatic carbocycles. The zero-order valence-corrected chi connectivity index (χ0v) is 35.2. The number of hydrogen-bond acceptors (Lipinski definition) is 3. The summed E-state index contributed by atoms with van der Waals surface area (Å²) in [5.74, 6) is 1.92. The molecule has 3 nitrogen and oxygen atoms in total. The predicted octanol–water partition coefficient (Wildman–Crippen LogP) is 14.5. The second-order valence-corrected chi connectivity index (χ2v) is 16.7. The SMILES string of the molecule is CC(c1ccccc1)(c1ccccc1)c1ccccc1-c1ccc(-c2nc(-c3ccccc3)nc(-c3ccc4c(c3)C(C3=CC=CCC3)(c3ccccc3)c3ccccc3-4)n2)cc1. The number of rotatable bonds is 9. The van der Waals surface area contributed by atoms with E-state index in [1.807, 2.05) is 18.2 Å². The summed E-state index contributed by atoms with van der Waals surface area (Å²) in [5.41, 5.74) is 15.8. The molecule has 2 aliphatic carbocycles. The van der Waals surface area contributed by atoms with Crippen LogP contribution in [0, 0.1) is 0 Å². The summed E-state index contributed by atoms with van der Waals surface area (Å²) in [6.07, 6.45) is 8.84. The molecule has 3 heteroatoms. The van der Waals surface area contributed by atoms with Crippen LogP contribution in [-0.2, 0) is 10.8 Å². The van der Waals surface area contributed by atoms with Gasteiger partial charge < -0.3 is 0 Å². The Labute approximate surface area is 369 Å². The van der Waals surface area contributed by atoms with Crippen LogP contribution < -0.4 is 0 Å².